The van der Waals surface area contributed by atoms with Crippen molar-refractivity contribution in [1.29, 1.82) is 5.26 Å². The molecule has 0 N–H and O–H groups in total. The molecule has 3 aromatic heterocycles. The number of nitriles is 1. The van der Waals surface area contributed by atoms with Crippen LogP contribution in [0.25, 0.3) is 27.9 Å². The maximum atomic E-state index is 9.54. The molecule has 5 nitrogen and oxygen atoms in total. The number of hydrogen-bond acceptors (Lipinski definition) is 4. The van der Waals surface area contributed by atoms with Gasteiger partial charge in [-0.05, 0) is 50.2 Å². The maximum absolute atomic E-state index is 9.54. The number of nitrogens with zero attached hydrogens (tertiary/aromatic N) is 5. The van der Waals surface area contributed by atoms with E-state index in [2.05, 4.69) is 41.0 Å². The van der Waals surface area contributed by atoms with Crippen molar-refractivity contribution in [2.24, 2.45) is 11.8 Å². The van der Waals surface area contributed by atoms with Crippen LogP contribution < -0.4 is 0 Å². The first kappa shape index (κ1) is 20.6. The molecule has 6 heteroatoms. The highest BCUT2D eigenvalue weighted by atomic mass is 35.5. The third kappa shape index (κ3) is 3.73. The lowest BCUT2D eigenvalue weighted by molar-refractivity contribution is 0.227. The number of hydrogen-bond donors (Lipinski definition) is 0. The van der Waals surface area contributed by atoms with Crippen molar-refractivity contribution in [3.63, 3.8) is 0 Å². The first-order valence-corrected chi connectivity index (χ1v) is 10.9. The molecule has 1 aliphatic rings. The van der Waals surface area contributed by atoms with Crippen LogP contribution in [-0.2, 0) is 0 Å². The molecule has 4 rings (SSSR count). The summed E-state index contributed by atoms with van der Waals surface area (Å²) >= 11 is 6.22. The average Bonchev–Trinajstić information content (AvgIpc) is 3.13. The molecule has 0 aliphatic heterocycles. The number of rotatable bonds is 4. The van der Waals surface area contributed by atoms with Gasteiger partial charge in [-0.3, -0.25) is 4.98 Å². The predicted octanol–water partition coefficient (Wildman–Crippen LogP) is 6.44. The Kier molecular flexibility index (Phi) is 5.62. The average molecular weight is 420 g/mol. The van der Waals surface area contributed by atoms with Crippen molar-refractivity contribution in [3.8, 4) is 17.3 Å². The molecule has 3 aromatic rings. The van der Waals surface area contributed by atoms with Gasteiger partial charge < -0.3 is 4.57 Å². The highest BCUT2D eigenvalue weighted by Gasteiger charge is 2.29. The molecule has 0 aromatic carbocycles. The second-order valence-electron chi connectivity index (χ2n) is 8.57. The van der Waals surface area contributed by atoms with E-state index in [0.29, 0.717) is 22.3 Å². The van der Waals surface area contributed by atoms with E-state index in [1.807, 2.05) is 13.0 Å². The predicted molar refractivity (Wildman–Crippen MR) is 121 cm³/mol. The minimum Gasteiger partial charge on any atom is -0.319 e. The fourth-order valence-electron chi connectivity index (χ4n) is 4.60. The van der Waals surface area contributed by atoms with Gasteiger partial charge >= 0.3 is 0 Å². The highest BCUT2D eigenvalue weighted by Crippen LogP contribution is 2.40. The molecular formula is C24H26ClN5. The second-order valence-corrected chi connectivity index (χ2v) is 9.01. The van der Waals surface area contributed by atoms with Crippen LogP contribution in [0.2, 0.25) is 5.02 Å². The Morgan fingerprint density at radius 1 is 1.23 bits per heavy atom. The highest BCUT2D eigenvalue weighted by molar-refractivity contribution is 6.30. The van der Waals surface area contributed by atoms with E-state index in [1.165, 1.54) is 25.7 Å². The standard InChI is InChI=1S/C24H26ClN5/c1-14(2)24-29-21-10-20(11-26)28-22(18-9-19(25)13-27-12-18)23(21)30(24)16(4)17-7-5-15(3)6-8-17/h9-10,12-13,15-17H,1,5-8H2,2-4H3. The maximum Gasteiger partial charge on any atom is 0.143 e. The number of fused-ring (bicyclic) bond motifs is 1. The van der Waals surface area contributed by atoms with Crippen LogP contribution in [0.1, 0.15) is 64.0 Å². The summed E-state index contributed by atoms with van der Waals surface area (Å²) in [6.45, 7) is 10.8. The first-order chi connectivity index (χ1) is 14.4. The Labute approximate surface area is 182 Å². The van der Waals surface area contributed by atoms with Crippen LogP contribution in [0.4, 0.5) is 0 Å². The van der Waals surface area contributed by atoms with Crippen molar-refractivity contribution in [2.45, 2.75) is 52.5 Å². The molecular weight excluding hydrogens is 394 g/mol. The summed E-state index contributed by atoms with van der Waals surface area (Å²) < 4.78 is 2.28. The molecule has 1 atom stereocenters. The van der Waals surface area contributed by atoms with Gasteiger partial charge in [0.2, 0.25) is 0 Å². The quantitative estimate of drug-likeness (QED) is 0.488. The fourth-order valence-corrected chi connectivity index (χ4v) is 4.77. The van der Waals surface area contributed by atoms with E-state index in [-0.39, 0.29) is 6.04 Å². The van der Waals surface area contributed by atoms with E-state index in [4.69, 9.17) is 16.6 Å². The van der Waals surface area contributed by atoms with Gasteiger partial charge in [0.05, 0.1) is 21.7 Å². The third-order valence-electron chi connectivity index (χ3n) is 6.29. The van der Waals surface area contributed by atoms with E-state index >= 15 is 0 Å². The zero-order chi connectivity index (χ0) is 21.4. The first-order valence-electron chi connectivity index (χ1n) is 10.5. The van der Waals surface area contributed by atoms with Crippen molar-refractivity contribution < 1.29 is 0 Å². The van der Waals surface area contributed by atoms with E-state index in [1.54, 1.807) is 18.5 Å². The summed E-state index contributed by atoms with van der Waals surface area (Å²) in [5.41, 5.74) is 4.37. The summed E-state index contributed by atoms with van der Waals surface area (Å²) in [4.78, 5) is 13.8. The Balaban J connectivity index is 1.97. The van der Waals surface area contributed by atoms with Gasteiger partial charge in [0.1, 0.15) is 17.6 Å². The molecule has 1 aliphatic carbocycles. The molecule has 1 unspecified atom stereocenters. The van der Waals surface area contributed by atoms with Gasteiger partial charge in [0.25, 0.3) is 0 Å². The second kappa shape index (κ2) is 8.20. The summed E-state index contributed by atoms with van der Waals surface area (Å²) in [6.07, 6.45) is 8.25. The Morgan fingerprint density at radius 3 is 2.60 bits per heavy atom. The zero-order valence-electron chi connectivity index (χ0n) is 17.7. The van der Waals surface area contributed by atoms with Crippen molar-refractivity contribution >= 4 is 28.2 Å². The molecule has 3 heterocycles. The van der Waals surface area contributed by atoms with E-state index < -0.39 is 0 Å². The van der Waals surface area contributed by atoms with Gasteiger partial charge in [0, 0.05) is 30.1 Å². The van der Waals surface area contributed by atoms with Crippen LogP contribution >= 0.6 is 11.6 Å². The number of allylic oxidation sites excluding steroid dienone is 1. The molecule has 0 amide bonds. The van der Waals surface area contributed by atoms with Crippen LogP contribution in [0.3, 0.4) is 0 Å². The molecule has 0 radical (unpaired) electrons. The van der Waals surface area contributed by atoms with Crippen LogP contribution in [0, 0.1) is 23.2 Å². The summed E-state index contributed by atoms with van der Waals surface area (Å²) in [5, 5.41) is 10.1. The van der Waals surface area contributed by atoms with Crippen LogP contribution in [-0.4, -0.2) is 19.5 Å². The minimum absolute atomic E-state index is 0.245. The van der Waals surface area contributed by atoms with E-state index in [9.17, 15) is 5.26 Å². The fraction of sp³-hybridized carbons (Fsp3) is 0.417. The zero-order valence-corrected chi connectivity index (χ0v) is 18.4. The summed E-state index contributed by atoms with van der Waals surface area (Å²) in [6, 6.07) is 6.00. The van der Waals surface area contributed by atoms with Crippen LogP contribution in [0.5, 0.6) is 0 Å². The Bertz CT molecular complexity index is 1150. The number of pyridine rings is 2. The van der Waals surface area contributed by atoms with E-state index in [0.717, 1.165) is 33.9 Å². The van der Waals surface area contributed by atoms with Crippen LogP contribution in [0.15, 0.2) is 31.1 Å². The van der Waals surface area contributed by atoms with Gasteiger partial charge in [-0.15, -0.1) is 0 Å². The topological polar surface area (TPSA) is 67.4 Å². The Morgan fingerprint density at radius 2 is 1.97 bits per heavy atom. The normalized spacial score (nSPS) is 20.1. The molecule has 0 bridgehead atoms. The smallest absolute Gasteiger partial charge is 0.143 e. The van der Waals surface area contributed by atoms with Gasteiger partial charge in [-0.25, -0.2) is 9.97 Å². The summed E-state index contributed by atoms with van der Waals surface area (Å²) in [7, 11) is 0. The van der Waals surface area contributed by atoms with Crippen molar-refractivity contribution in [3.05, 3.63) is 47.6 Å². The largest absolute Gasteiger partial charge is 0.319 e. The lowest BCUT2D eigenvalue weighted by atomic mass is 9.79. The van der Waals surface area contributed by atoms with Crippen molar-refractivity contribution in [2.75, 3.05) is 0 Å². The number of aromatic nitrogens is 4. The number of imidazole rings is 1. The minimum atomic E-state index is 0.245. The summed E-state index contributed by atoms with van der Waals surface area (Å²) in [5.74, 6) is 2.21. The molecule has 1 saturated carbocycles. The molecule has 154 valence electrons. The molecule has 0 spiro atoms. The van der Waals surface area contributed by atoms with Gasteiger partial charge in [-0.2, -0.15) is 5.26 Å². The number of halogens is 1. The van der Waals surface area contributed by atoms with Gasteiger partial charge in [0.15, 0.2) is 0 Å². The monoisotopic (exact) mass is 419 g/mol. The molecule has 30 heavy (non-hydrogen) atoms. The molecule has 1 fully saturated rings. The van der Waals surface area contributed by atoms with Crippen molar-refractivity contribution in [1.82, 2.24) is 19.5 Å². The Hall–Kier alpha value is -2.71. The molecule has 0 saturated heterocycles. The lowest BCUT2D eigenvalue weighted by Crippen LogP contribution is -2.23. The SMILES string of the molecule is C=C(C)c1nc2cc(C#N)nc(-c3cncc(Cl)c3)c2n1C(C)C1CCC(C)CC1. The third-order valence-corrected chi connectivity index (χ3v) is 6.50. The lowest BCUT2D eigenvalue weighted by Gasteiger charge is -2.32. The van der Waals surface area contributed by atoms with Gasteiger partial charge in [-0.1, -0.05) is 37.9 Å².